The summed E-state index contributed by atoms with van der Waals surface area (Å²) in [5.41, 5.74) is 0. The van der Waals surface area contributed by atoms with Crippen LogP contribution >= 0.6 is 0 Å². The van der Waals surface area contributed by atoms with Crippen LogP contribution in [0, 0.1) is 0 Å². The fourth-order valence-electron chi connectivity index (χ4n) is 1.64. The number of nitrogens with one attached hydrogen (secondary N) is 1. The van der Waals surface area contributed by atoms with E-state index in [1.54, 1.807) is 7.11 Å². The average Bonchev–Trinajstić information content (AvgIpc) is 2.07. The normalized spacial score (nSPS) is 25.4. The van der Waals surface area contributed by atoms with E-state index in [0.29, 0.717) is 0 Å². The maximum absolute atomic E-state index is 5.01. The molecule has 11 heavy (non-hydrogen) atoms. The molecular formula is C9H19NO. The predicted octanol–water partition coefficient (Wildman–Crippen LogP) is 1.56. The summed E-state index contributed by atoms with van der Waals surface area (Å²) in [4.78, 5) is 0. The molecule has 1 fully saturated rings. The molecule has 2 nitrogen and oxygen atoms in total. The first-order valence-electron chi connectivity index (χ1n) is 4.66. The van der Waals surface area contributed by atoms with Crippen molar-refractivity contribution in [2.45, 2.75) is 38.1 Å². The zero-order valence-corrected chi connectivity index (χ0v) is 7.44. The van der Waals surface area contributed by atoms with Crippen LogP contribution in [0.4, 0.5) is 0 Å². The first-order valence-corrected chi connectivity index (χ1v) is 4.66. The van der Waals surface area contributed by atoms with Crippen molar-refractivity contribution in [3.05, 3.63) is 0 Å². The van der Waals surface area contributed by atoms with Crippen LogP contribution in [0.5, 0.6) is 0 Å². The molecular weight excluding hydrogens is 138 g/mol. The van der Waals surface area contributed by atoms with Crippen LogP contribution < -0.4 is 5.32 Å². The molecule has 1 atom stereocenters. The number of hydrogen-bond acceptors (Lipinski definition) is 2. The number of ether oxygens (including phenoxy) is 1. The van der Waals surface area contributed by atoms with E-state index in [4.69, 9.17) is 4.74 Å². The van der Waals surface area contributed by atoms with E-state index < -0.39 is 0 Å². The molecule has 0 spiro atoms. The molecule has 0 saturated carbocycles. The maximum atomic E-state index is 5.01. The Labute approximate surface area is 69.3 Å². The van der Waals surface area contributed by atoms with Crippen LogP contribution in [0.1, 0.15) is 32.1 Å². The van der Waals surface area contributed by atoms with Crippen molar-refractivity contribution >= 4 is 0 Å². The molecule has 1 N–H and O–H groups in total. The van der Waals surface area contributed by atoms with E-state index in [9.17, 15) is 0 Å². The van der Waals surface area contributed by atoms with E-state index in [1.165, 1.54) is 38.6 Å². The van der Waals surface area contributed by atoms with E-state index >= 15 is 0 Å². The Balaban J connectivity index is 1.96. The number of methoxy groups -OCH3 is 1. The fraction of sp³-hybridized carbons (Fsp3) is 1.00. The lowest BCUT2D eigenvalue weighted by atomic mass is 10.0. The van der Waals surface area contributed by atoms with E-state index in [1.807, 2.05) is 0 Å². The van der Waals surface area contributed by atoms with Gasteiger partial charge in [0.1, 0.15) is 0 Å². The molecule has 0 unspecified atom stereocenters. The molecule has 0 aliphatic carbocycles. The van der Waals surface area contributed by atoms with Crippen molar-refractivity contribution in [2.24, 2.45) is 0 Å². The van der Waals surface area contributed by atoms with Crippen LogP contribution in [-0.4, -0.2) is 26.3 Å². The minimum atomic E-state index is 0.777. The Morgan fingerprint density at radius 2 is 2.36 bits per heavy atom. The summed E-state index contributed by atoms with van der Waals surface area (Å²) in [6, 6.07) is 0.777. The van der Waals surface area contributed by atoms with Gasteiger partial charge in [0.15, 0.2) is 0 Å². The third kappa shape index (κ3) is 3.73. The quantitative estimate of drug-likeness (QED) is 0.625. The van der Waals surface area contributed by atoms with Crippen molar-refractivity contribution in [3.63, 3.8) is 0 Å². The van der Waals surface area contributed by atoms with Crippen LogP contribution in [-0.2, 0) is 4.74 Å². The summed E-state index contributed by atoms with van der Waals surface area (Å²) >= 11 is 0. The maximum Gasteiger partial charge on any atom is 0.0462 e. The molecule has 2 heteroatoms. The molecule has 1 aliphatic rings. The van der Waals surface area contributed by atoms with Crippen LogP contribution in [0.25, 0.3) is 0 Å². The lowest BCUT2D eigenvalue weighted by Crippen LogP contribution is -2.33. The number of hydrogen-bond donors (Lipinski definition) is 1. The zero-order chi connectivity index (χ0) is 7.94. The molecule has 0 radical (unpaired) electrons. The molecule has 0 aromatic carbocycles. The second-order valence-electron chi connectivity index (χ2n) is 3.28. The minimum absolute atomic E-state index is 0.777. The van der Waals surface area contributed by atoms with Gasteiger partial charge >= 0.3 is 0 Å². The Morgan fingerprint density at radius 1 is 1.45 bits per heavy atom. The van der Waals surface area contributed by atoms with Crippen LogP contribution in [0.2, 0.25) is 0 Å². The van der Waals surface area contributed by atoms with Gasteiger partial charge in [-0.3, -0.25) is 0 Å². The monoisotopic (exact) mass is 157 g/mol. The van der Waals surface area contributed by atoms with Gasteiger partial charge in [-0.1, -0.05) is 6.42 Å². The summed E-state index contributed by atoms with van der Waals surface area (Å²) in [6.07, 6.45) is 6.62. The SMILES string of the molecule is COCCC[C@@H]1CCCCN1. The second-order valence-corrected chi connectivity index (χ2v) is 3.28. The Bertz CT molecular complexity index is 89.6. The first-order chi connectivity index (χ1) is 5.43. The standard InChI is InChI=1S/C9H19NO/c1-11-8-4-6-9-5-2-3-7-10-9/h9-10H,2-8H2,1H3/t9-/m0/s1. The van der Waals surface area contributed by atoms with E-state index in [2.05, 4.69) is 5.32 Å². The molecule has 0 aromatic heterocycles. The first kappa shape index (κ1) is 9.01. The lowest BCUT2D eigenvalue weighted by molar-refractivity contribution is 0.186. The fourth-order valence-corrected chi connectivity index (χ4v) is 1.64. The van der Waals surface area contributed by atoms with Gasteiger partial charge in [-0.25, -0.2) is 0 Å². The van der Waals surface area contributed by atoms with Crippen molar-refractivity contribution in [3.8, 4) is 0 Å². The third-order valence-electron chi connectivity index (χ3n) is 2.31. The van der Waals surface area contributed by atoms with Crippen molar-refractivity contribution in [1.29, 1.82) is 0 Å². The van der Waals surface area contributed by atoms with E-state index in [-0.39, 0.29) is 0 Å². The molecule has 1 saturated heterocycles. The summed E-state index contributed by atoms with van der Waals surface area (Å²) in [5.74, 6) is 0. The average molecular weight is 157 g/mol. The Kier molecular flexibility index (Phi) is 4.55. The molecule has 1 rings (SSSR count). The van der Waals surface area contributed by atoms with Gasteiger partial charge in [0.25, 0.3) is 0 Å². The molecule has 1 aliphatic heterocycles. The van der Waals surface area contributed by atoms with Crippen LogP contribution in [0.3, 0.4) is 0 Å². The second kappa shape index (κ2) is 5.56. The summed E-state index contributed by atoms with van der Waals surface area (Å²) < 4.78 is 5.01. The Morgan fingerprint density at radius 3 is 3.00 bits per heavy atom. The van der Waals surface area contributed by atoms with Gasteiger partial charge in [-0.15, -0.1) is 0 Å². The van der Waals surface area contributed by atoms with Gasteiger partial charge in [0.05, 0.1) is 0 Å². The highest BCUT2D eigenvalue weighted by molar-refractivity contribution is 4.71. The third-order valence-corrected chi connectivity index (χ3v) is 2.31. The molecule has 0 bridgehead atoms. The number of piperidine rings is 1. The van der Waals surface area contributed by atoms with Crippen LogP contribution in [0.15, 0.2) is 0 Å². The lowest BCUT2D eigenvalue weighted by Gasteiger charge is -2.22. The topological polar surface area (TPSA) is 21.3 Å². The summed E-state index contributed by atoms with van der Waals surface area (Å²) in [5, 5.41) is 3.52. The van der Waals surface area contributed by atoms with Gasteiger partial charge in [-0.05, 0) is 32.2 Å². The summed E-state index contributed by atoms with van der Waals surface area (Å²) in [6.45, 7) is 2.13. The van der Waals surface area contributed by atoms with Gasteiger partial charge in [-0.2, -0.15) is 0 Å². The highest BCUT2D eigenvalue weighted by atomic mass is 16.5. The van der Waals surface area contributed by atoms with Gasteiger partial charge < -0.3 is 10.1 Å². The molecule has 0 amide bonds. The van der Waals surface area contributed by atoms with Crippen molar-refractivity contribution in [2.75, 3.05) is 20.3 Å². The molecule has 0 aromatic rings. The molecule has 1 heterocycles. The predicted molar refractivity (Wildman–Crippen MR) is 46.8 cm³/mol. The highest BCUT2D eigenvalue weighted by Gasteiger charge is 2.10. The van der Waals surface area contributed by atoms with Gasteiger partial charge in [0.2, 0.25) is 0 Å². The molecule has 66 valence electrons. The summed E-state index contributed by atoms with van der Waals surface area (Å²) in [7, 11) is 1.77. The smallest absolute Gasteiger partial charge is 0.0462 e. The van der Waals surface area contributed by atoms with E-state index in [0.717, 1.165) is 12.6 Å². The Hall–Kier alpha value is -0.0800. The van der Waals surface area contributed by atoms with Gasteiger partial charge in [0, 0.05) is 19.8 Å². The van der Waals surface area contributed by atoms with Crippen molar-refractivity contribution in [1.82, 2.24) is 5.32 Å². The van der Waals surface area contributed by atoms with Crippen molar-refractivity contribution < 1.29 is 4.74 Å². The minimum Gasteiger partial charge on any atom is -0.385 e. The largest absolute Gasteiger partial charge is 0.385 e. The highest BCUT2D eigenvalue weighted by Crippen LogP contribution is 2.11. The number of rotatable bonds is 4. The zero-order valence-electron chi connectivity index (χ0n) is 7.44.